The van der Waals surface area contributed by atoms with Crippen LogP contribution in [-0.4, -0.2) is 41.7 Å². The molecule has 0 fully saturated rings. The summed E-state index contributed by atoms with van der Waals surface area (Å²) in [5.41, 5.74) is 3.88. The quantitative estimate of drug-likeness (QED) is 0.540. The van der Waals surface area contributed by atoms with Crippen molar-refractivity contribution in [2.75, 3.05) is 25.5 Å². The zero-order chi connectivity index (χ0) is 20.6. The largest absolute Gasteiger partial charge is 0.354 e. The van der Waals surface area contributed by atoms with Gasteiger partial charge in [-0.15, -0.1) is 0 Å². The van der Waals surface area contributed by atoms with Crippen molar-refractivity contribution >= 4 is 17.6 Å². The smallest absolute Gasteiger partial charge is 0.280 e. The number of hydrogen-bond acceptors (Lipinski definition) is 3. The van der Waals surface area contributed by atoms with Crippen LogP contribution in [0.1, 0.15) is 12.5 Å². The molecule has 0 spiro atoms. The molecule has 1 aromatic heterocycles. The van der Waals surface area contributed by atoms with Crippen molar-refractivity contribution in [2.45, 2.75) is 13.3 Å². The van der Waals surface area contributed by atoms with E-state index in [1.807, 2.05) is 48.5 Å². The van der Waals surface area contributed by atoms with Crippen molar-refractivity contribution in [3.63, 3.8) is 0 Å². The lowest BCUT2D eigenvalue weighted by Gasteiger charge is -2.08. The highest BCUT2D eigenvalue weighted by atomic mass is 16.2. The number of carbonyl (C=O) groups is 2. The molecular formula is C22H26N5O2+. The van der Waals surface area contributed by atoms with Crippen LogP contribution in [-0.2, 0) is 16.0 Å². The Kier molecular flexibility index (Phi) is 6.76. The Morgan fingerprint density at radius 1 is 1.00 bits per heavy atom. The summed E-state index contributed by atoms with van der Waals surface area (Å²) in [6.45, 7) is 2.47. The van der Waals surface area contributed by atoms with Crippen LogP contribution in [0.3, 0.4) is 0 Å². The first kappa shape index (κ1) is 20.3. The second-order valence-corrected chi connectivity index (χ2v) is 6.63. The molecule has 7 nitrogen and oxygen atoms in total. The zero-order valence-corrected chi connectivity index (χ0v) is 16.7. The normalized spacial score (nSPS) is 10.6. The maximum atomic E-state index is 12.4. The first-order valence-electron chi connectivity index (χ1n) is 9.67. The molecule has 0 aliphatic rings. The fourth-order valence-corrected chi connectivity index (χ4v) is 2.92. The maximum absolute atomic E-state index is 12.4. The van der Waals surface area contributed by atoms with Crippen molar-refractivity contribution in [2.24, 2.45) is 0 Å². The Labute approximate surface area is 170 Å². The molecule has 0 unspecified atom stereocenters. The van der Waals surface area contributed by atoms with Crippen LogP contribution in [0, 0.1) is 0 Å². The summed E-state index contributed by atoms with van der Waals surface area (Å²) in [5.74, 6) is 0.271. The van der Waals surface area contributed by atoms with Gasteiger partial charge >= 0.3 is 0 Å². The van der Waals surface area contributed by atoms with Gasteiger partial charge < -0.3 is 16.0 Å². The third kappa shape index (κ3) is 5.30. The lowest BCUT2D eigenvalue weighted by molar-refractivity contribution is -0.632. The number of likely N-dealkylation sites (N-methyl/N-ethyl adjacent to an activating group) is 1. The Morgan fingerprint density at radius 2 is 1.69 bits per heavy atom. The van der Waals surface area contributed by atoms with Gasteiger partial charge in [-0.3, -0.25) is 9.59 Å². The molecule has 4 N–H and O–H groups in total. The molecule has 0 saturated carbocycles. The van der Waals surface area contributed by atoms with Gasteiger partial charge in [-0.05, 0) is 24.1 Å². The fraction of sp³-hybridized carbons (Fsp3) is 0.227. The SMILES string of the molecule is CCc1ccc(-c2cc(NC(=O)C[NH2+]CC(=O)NC)n(-c3ccccc3)n2)cc1. The van der Waals surface area contributed by atoms with Crippen molar-refractivity contribution in [1.29, 1.82) is 0 Å². The number of nitrogens with two attached hydrogens (primary N) is 1. The van der Waals surface area contributed by atoms with Crippen LogP contribution in [0.15, 0.2) is 60.7 Å². The summed E-state index contributed by atoms with van der Waals surface area (Å²) in [6.07, 6.45) is 0.979. The van der Waals surface area contributed by atoms with Gasteiger partial charge in [0.05, 0.1) is 11.4 Å². The number of nitrogens with one attached hydrogen (secondary N) is 2. The van der Waals surface area contributed by atoms with Gasteiger partial charge in [0.1, 0.15) is 5.82 Å². The third-order valence-electron chi connectivity index (χ3n) is 4.57. The first-order chi connectivity index (χ1) is 14.1. The van der Waals surface area contributed by atoms with Crippen LogP contribution < -0.4 is 16.0 Å². The van der Waals surface area contributed by atoms with E-state index in [1.54, 1.807) is 17.0 Å². The van der Waals surface area contributed by atoms with Crippen LogP contribution in [0.5, 0.6) is 0 Å². The minimum absolute atomic E-state index is 0.120. The summed E-state index contributed by atoms with van der Waals surface area (Å²) in [7, 11) is 1.57. The van der Waals surface area contributed by atoms with Gasteiger partial charge in [-0.25, -0.2) is 4.68 Å². The number of benzene rings is 2. The molecule has 3 rings (SSSR count). The highest BCUT2D eigenvalue weighted by Crippen LogP contribution is 2.25. The number of nitrogens with zero attached hydrogens (tertiary/aromatic N) is 2. The Morgan fingerprint density at radius 3 is 2.34 bits per heavy atom. The fourth-order valence-electron chi connectivity index (χ4n) is 2.92. The molecule has 0 aliphatic heterocycles. The van der Waals surface area contributed by atoms with Crippen LogP contribution in [0.25, 0.3) is 16.9 Å². The zero-order valence-electron chi connectivity index (χ0n) is 16.7. The van der Waals surface area contributed by atoms with E-state index in [2.05, 4.69) is 29.7 Å². The van der Waals surface area contributed by atoms with Gasteiger partial charge in [0, 0.05) is 18.7 Å². The highest BCUT2D eigenvalue weighted by Gasteiger charge is 2.15. The number of rotatable bonds is 8. The van der Waals surface area contributed by atoms with Gasteiger partial charge in [0.2, 0.25) is 0 Å². The molecule has 1 heterocycles. The number of para-hydroxylation sites is 1. The predicted octanol–water partition coefficient (Wildman–Crippen LogP) is 1.35. The molecule has 0 saturated heterocycles. The van der Waals surface area contributed by atoms with Gasteiger partial charge in [-0.1, -0.05) is 49.4 Å². The minimum Gasteiger partial charge on any atom is -0.354 e. The van der Waals surface area contributed by atoms with Crippen molar-refractivity contribution < 1.29 is 14.9 Å². The second kappa shape index (κ2) is 9.66. The third-order valence-corrected chi connectivity index (χ3v) is 4.57. The van der Waals surface area contributed by atoms with E-state index in [1.165, 1.54) is 5.56 Å². The van der Waals surface area contributed by atoms with Crippen LogP contribution >= 0.6 is 0 Å². The summed E-state index contributed by atoms with van der Waals surface area (Å²) in [6, 6.07) is 19.8. The predicted molar refractivity (Wildman–Crippen MR) is 113 cm³/mol. The second-order valence-electron chi connectivity index (χ2n) is 6.63. The van der Waals surface area contributed by atoms with Gasteiger partial charge in [0.15, 0.2) is 13.1 Å². The van der Waals surface area contributed by atoms with Crippen molar-refractivity contribution in [1.82, 2.24) is 15.1 Å². The standard InChI is InChI=1S/C22H25N5O2/c1-3-16-9-11-17(12-10-16)19-13-20(25-22(29)15-24-14-21(28)23-2)27(26-19)18-7-5-4-6-8-18/h4-13,24H,3,14-15H2,1-2H3,(H,23,28)(H,25,29)/p+1. The van der Waals surface area contributed by atoms with E-state index >= 15 is 0 Å². The van der Waals surface area contributed by atoms with E-state index in [0.717, 1.165) is 23.4 Å². The van der Waals surface area contributed by atoms with E-state index in [0.29, 0.717) is 5.82 Å². The van der Waals surface area contributed by atoms with E-state index in [9.17, 15) is 9.59 Å². The molecule has 7 heteroatoms. The molecule has 29 heavy (non-hydrogen) atoms. The first-order valence-corrected chi connectivity index (χ1v) is 9.67. The number of aryl methyl sites for hydroxylation is 1. The van der Waals surface area contributed by atoms with E-state index in [-0.39, 0.29) is 24.9 Å². The van der Waals surface area contributed by atoms with E-state index < -0.39 is 0 Å². The summed E-state index contributed by atoms with van der Waals surface area (Å²) < 4.78 is 1.72. The highest BCUT2D eigenvalue weighted by molar-refractivity contribution is 5.91. The monoisotopic (exact) mass is 392 g/mol. The number of aromatic nitrogens is 2. The lowest BCUT2D eigenvalue weighted by atomic mass is 10.1. The average molecular weight is 392 g/mol. The number of quaternary nitrogens is 1. The lowest BCUT2D eigenvalue weighted by Crippen LogP contribution is -2.88. The maximum Gasteiger partial charge on any atom is 0.280 e. The topological polar surface area (TPSA) is 92.6 Å². The molecule has 0 aliphatic carbocycles. The number of anilines is 1. The van der Waals surface area contributed by atoms with Crippen LogP contribution in [0.2, 0.25) is 0 Å². The molecule has 3 aromatic rings. The molecule has 0 bridgehead atoms. The number of carbonyl (C=O) groups excluding carboxylic acids is 2. The van der Waals surface area contributed by atoms with Crippen LogP contribution in [0.4, 0.5) is 5.82 Å². The molecular weight excluding hydrogens is 366 g/mol. The summed E-state index contributed by atoms with van der Waals surface area (Å²) in [4.78, 5) is 23.7. The molecule has 2 amide bonds. The Bertz CT molecular complexity index is 965. The molecule has 0 radical (unpaired) electrons. The summed E-state index contributed by atoms with van der Waals surface area (Å²) in [5, 5.41) is 11.8. The number of amides is 2. The summed E-state index contributed by atoms with van der Waals surface area (Å²) >= 11 is 0. The van der Waals surface area contributed by atoms with Crippen molar-refractivity contribution in [3.05, 3.63) is 66.2 Å². The molecule has 150 valence electrons. The average Bonchev–Trinajstić information content (AvgIpc) is 3.17. The molecule has 0 atom stereocenters. The minimum atomic E-state index is -0.195. The van der Waals surface area contributed by atoms with E-state index in [4.69, 9.17) is 5.10 Å². The number of hydrogen-bond donors (Lipinski definition) is 3. The van der Waals surface area contributed by atoms with Gasteiger partial charge in [-0.2, -0.15) is 5.10 Å². The molecule has 2 aromatic carbocycles. The van der Waals surface area contributed by atoms with Gasteiger partial charge in [0.25, 0.3) is 11.8 Å². The Hall–Kier alpha value is -3.45. The Balaban J connectivity index is 1.83. The van der Waals surface area contributed by atoms with Crippen molar-refractivity contribution in [3.8, 4) is 16.9 Å².